The number of carbonyl (C=O) groups is 1. The van der Waals surface area contributed by atoms with Gasteiger partial charge in [0.05, 0.1) is 16.1 Å². The van der Waals surface area contributed by atoms with Gasteiger partial charge in [-0.25, -0.2) is 8.42 Å². The van der Waals surface area contributed by atoms with Crippen LogP contribution in [0.3, 0.4) is 0 Å². The molecule has 1 amide bonds. The molecular formula is C24H22ClN5O3S. The van der Waals surface area contributed by atoms with Gasteiger partial charge in [0, 0.05) is 30.2 Å². The van der Waals surface area contributed by atoms with Crippen molar-refractivity contribution in [3.05, 3.63) is 89.3 Å². The van der Waals surface area contributed by atoms with E-state index in [1.165, 1.54) is 24.3 Å². The second-order valence-corrected chi connectivity index (χ2v) is 10.3. The molecule has 174 valence electrons. The molecule has 0 bridgehead atoms. The number of aromatic nitrogens is 3. The molecule has 3 heterocycles. The van der Waals surface area contributed by atoms with Crippen LogP contribution in [-0.4, -0.2) is 46.9 Å². The van der Waals surface area contributed by atoms with Gasteiger partial charge in [-0.05, 0) is 61.4 Å². The van der Waals surface area contributed by atoms with E-state index in [9.17, 15) is 13.2 Å². The number of piperidine rings is 1. The van der Waals surface area contributed by atoms with Gasteiger partial charge in [0.2, 0.25) is 0 Å². The molecule has 1 saturated heterocycles. The Balaban J connectivity index is 1.39. The number of nitrogens with zero attached hydrogens (tertiary/aromatic N) is 4. The Morgan fingerprint density at radius 2 is 1.76 bits per heavy atom. The van der Waals surface area contributed by atoms with Gasteiger partial charge in [0.25, 0.3) is 15.9 Å². The summed E-state index contributed by atoms with van der Waals surface area (Å²) >= 11 is 5.88. The van der Waals surface area contributed by atoms with Crippen LogP contribution in [-0.2, 0) is 10.0 Å². The van der Waals surface area contributed by atoms with Crippen molar-refractivity contribution in [3.8, 4) is 0 Å². The molecule has 10 heteroatoms. The predicted octanol–water partition coefficient (Wildman–Crippen LogP) is 4.20. The van der Waals surface area contributed by atoms with Gasteiger partial charge in [0.1, 0.15) is 5.82 Å². The second kappa shape index (κ2) is 9.08. The largest absolute Gasteiger partial charge is 0.338 e. The Hall–Kier alpha value is -3.43. The molecule has 1 unspecified atom stereocenters. The summed E-state index contributed by atoms with van der Waals surface area (Å²) in [6.45, 7) is 1.07. The van der Waals surface area contributed by atoms with E-state index in [4.69, 9.17) is 11.6 Å². The third-order valence-corrected chi connectivity index (χ3v) is 7.57. The lowest BCUT2D eigenvalue weighted by molar-refractivity contribution is 0.0705. The molecule has 1 aliphatic heterocycles. The summed E-state index contributed by atoms with van der Waals surface area (Å²) in [6, 6.07) is 18.2. The minimum atomic E-state index is -3.89. The van der Waals surface area contributed by atoms with E-state index in [0.717, 1.165) is 24.3 Å². The van der Waals surface area contributed by atoms with Crippen molar-refractivity contribution in [2.24, 2.45) is 0 Å². The van der Waals surface area contributed by atoms with E-state index >= 15 is 0 Å². The lowest BCUT2D eigenvalue weighted by Gasteiger charge is -2.32. The van der Waals surface area contributed by atoms with Crippen LogP contribution in [0.4, 0.5) is 5.69 Å². The smallest absolute Gasteiger partial charge is 0.261 e. The number of likely N-dealkylation sites (tertiary alicyclic amines) is 1. The summed E-state index contributed by atoms with van der Waals surface area (Å²) in [5.74, 6) is 0.630. The first-order valence-electron chi connectivity index (χ1n) is 10.9. The number of nitrogens with one attached hydrogen (secondary N) is 1. The molecule has 2 aromatic carbocycles. The summed E-state index contributed by atoms with van der Waals surface area (Å²) in [5, 5.41) is 9.04. The van der Waals surface area contributed by atoms with Gasteiger partial charge >= 0.3 is 0 Å². The van der Waals surface area contributed by atoms with Crippen LogP contribution in [0.5, 0.6) is 0 Å². The maximum absolute atomic E-state index is 13.5. The Labute approximate surface area is 202 Å². The number of amides is 1. The summed E-state index contributed by atoms with van der Waals surface area (Å²) in [4.78, 5) is 15.3. The number of pyridine rings is 1. The topological polar surface area (TPSA) is 96.7 Å². The Morgan fingerprint density at radius 3 is 2.59 bits per heavy atom. The van der Waals surface area contributed by atoms with Gasteiger partial charge in [-0.1, -0.05) is 29.8 Å². The number of hydrogen-bond acceptors (Lipinski definition) is 5. The highest BCUT2D eigenvalue weighted by Gasteiger charge is 2.30. The molecule has 0 radical (unpaired) electrons. The highest BCUT2D eigenvalue weighted by Crippen LogP contribution is 2.29. The zero-order valence-electron chi connectivity index (χ0n) is 18.1. The van der Waals surface area contributed by atoms with Crippen LogP contribution in [0.15, 0.2) is 77.8 Å². The molecule has 1 atom stereocenters. The molecule has 8 nitrogen and oxygen atoms in total. The van der Waals surface area contributed by atoms with Crippen molar-refractivity contribution < 1.29 is 13.2 Å². The van der Waals surface area contributed by atoms with Gasteiger partial charge < -0.3 is 4.90 Å². The molecule has 4 aromatic rings. The van der Waals surface area contributed by atoms with Crippen molar-refractivity contribution in [2.45, 2.75) is 23.7 Å². The van der Waals surface area contributed by atoms with Crippen LogP contribution < -0.4 is 4.72 Å². The molecular weight excluding hydrogens is 474 g/mol. The number of para-hydroxylation sites is 1. The normalized spacial score (nSPS) is 16.5. The number of halogens is 1. The average Bonchev–Trinajstić information content (AvgIpc) is 3.28. The highest BCUT2D eigenvalue weighted by atomic mass is 35.5. The standard InChI is InChI=1S/C24H22ClN5O3S/c25-18-10-12-19(13-11-18)34(32,33)28-21-8-2-1-7-20(21)24(31)29-14-5-6-17(16-29)23-27-26-22-9-3-4-15-30(22)23/h1-4,7-13,15,17,28H,5-6,14,16H2. The monoisotopic (exact) mass is 495 g/mol. The van der Waals surface area contributed by atoms with Crippen LogP contribution in [0, 0.1) is 0 Å². The molecule has 34 heavy (non-hydrogen) atoms. The van der Waals surface area contributed by atoms with Crippen LogP contribution in [0.1, 0.15) is 34.9 Å². The van der Waals surface area contributed by atoms with Gasteiger partial charge in [-0.15, -0.1) is 10.2 Å². The molecule has 0 spiro atoms. The molecule has 1 fully saturated rings. The first-order chi connectivity index (χ1) is 16.4. The van der Waals surface area contributed by atoms with Gasteiger partial charge in [-0.3, -0.25) is 13.9 Å². The molecule has 0 aliphatic carbocycles. The highest BCUT2D eigenvalue weighted by molar-refractivity contribution is 7.92. The van der Waals surface area contributed by atoms with Gasteiger partial charge in [-0.2, -0.15) is 0 Å². The van der Waals surface area contributed by atoms with Crippen molar-refractivity contribution in [3.63, 3.8) is 0 Å². The zero-order chi connectivity index (χ0) is 23.7. The van der Waals surface area contributed by atoms with E-state index in [0.29, 0.717) is 23.7 Å². The van der Waals surface area contributed by atoms with Crippen molar-refractivity contribution in [1.82, 2.24) is 19.5 Å². The minimum Gasteiger partial charge on any atom is -0.338 e. The van der Waals surface area contributed by atoms with E-state index in [-0.39, 0.29) is 22.4 Å². The summed E-state index contributed by atoms with van der Waals surface area (Å²) in [6.07, 6.45) is 3.63. The first-order valence-corrected chi connectivity index (χ1v) is 12.7. The predicted molar refractivity (Wildman–Crippen MR) is 130 cm³/mol. The number of hydrogen-bond donors (Lipinski definition) is 1. The van der Waals surface area contributed by atoms with Crippen LogP contribution >= 0.6 is 11.6 Å². The van der Waals surface area contributed by atoms with Gasteiger partial charge in [0.15, 0.2) is 5.65 Å². The van der Waals surface area contributed by atoms with E-state index in [2.05, 4.69) is 14.9 Å². The molecule has 5 rings (SSSR count). The molecule has 1 N–H and O–H groups in total. The lowest BCUT2D eigenvalue weighted by Crippen LogP contribution is -2.40. The minimum absolute atomic E-state index is 0.0352. The fraction of sp³-hybridized carbons (Fsp3) is 0.208. The molecule has 0 saturated carbocycles. The Kier molecular flexibility index (Phi) is 5.97. The fourth-order valence-electron chi connectivity index (χ4n) is 4.26. The fourth-order valence-corrected chi connectivity index (χ4v) is 5.46. The van der Waals surface area contributed by atoms with E-state index < -0.39 is 10.0 Å². The molecule has 1 aliphatic rings. The summed E-state index contributed by atoms with van der Waals surface area (Å²) in [5.41, 5.74) is 1.30. The third-order valence-electron chi connectivity index (χ3n) is 5.94. The SMILES string of the molecule is O=C(c1ccccc1NS(=O)(=O)c1ccc(Cl)cc1)N1CCCC(c2nnc3ccccn23)C1. The number of benzene rings is 2. The average molecular weight is 496 g/mol. The number of fused-ring (bicyclic) bond motifs is 1. The number of rotatable bonds is 5. The number of anilines is 1. The van der Waals surface area contributed by atoms with E-state index in [1.54, 1.807) is 29.2 Å². The first kappa shape index (κ1) is 22.4. The number of sulfonamides is 1. The van der Waals surface area contributed by atoms with Crippen molar-refractivity contribution in [1.29, 1.82) is 0 Å². The van der Waals surface area contributed by atoms with Crippen molar-refractivity contribution in [2.75, 3.05) is 17.8 Å². The number of carbonyl (C=O) groups excluding carboxylic acids is 1. The summed E-state index contributed by atoms with van der Waals surface area (Å²) < 4.78 is 30.3. The van der Waals surface area contributed by atoms with Crippen LogP contribution in [0.25, 0.3) is 5.65 Å². The quantitative estimate of drug-likeness (QED) is 0.447. The molecule has 2 aromatic heterocycles. The zero-order valence-corrected chi connectivity index (χ0v) is 19.7. The van der Waals surface area contributed by atoms with Crippen molar-refractivity contribution >= 4 is 38.9 Å². The van der Waals surface area contributed by atoms with Crippen LogP contribution in [0.2, 0.25) is 5.02 Å². The second-order valence-electron chi connectivity index (χ2n) is 8.18. The Morgan fingerprint density at radius 1 is 1.00 bits per heavy atom. The maximum Gasteiger partial charge on any atom is 0.261 e. The van der Waals surface area contributed by atoms with E-state index in [1.807, 2.05) is 28.8 Å². The maximum atomic E-state index is 13.5. The Bertz CT molecular complexity index is 1450. The third kappa shape index (κ3) is 4.36. The summed E-state index contributed by atoms with van der Waals surface area (Å²) in [7, 11) is -3.89. The lowest BCUT2D eigenvalue weighted by atomic mass is 9.96.